The maximum absolute atomic E-state index is 12.3. The lowest BCUT2D eigenvalue weighted by molar-refractivity contribution is -0.123. The Bertz CT molecular complexity index is 788. The molecule has 1 aromatic heterocycles. The van der Waals surface area contributed by atoms with Gasteiger partial charge in [-0.2, -0.15) is 0 Å². The average Bonchev–Trinajstić information content (AvgIpc) is 3.44. The van der Waals surface area contributed by atoms with Crippen LogP contribution in [-0.4, -0.2) is 34.4 Å². The van der Waals surface area contributed by atoms with Crippen LogP contribution in [0.1, 0.15) is 47.4 Å². The van der Waals surface area contributed by atoms with Gasteiger partial charge >= 0.3 is 0 Å². The van der Waals surface area contributed by atoms with E-state index in [9.17, 15) is 9.59 Å². The first kappa shape index (κ1) is 17.8. The van der Waals surface area contributed by atoms with Gasteiger partial charge in [-0.3, -0.25) is 9.59 Å². The second kappa shape index (κ2) is 7.95. The molecule has 2 N–H and O–H groups in total. The van der Waals surface area contributed by atoms with Gasteiger partial charge in [0.15, 0.2) is 6.61 Å². The second-order valence-corrected chi connectivity index (χ2v) is 6.42. The quantitative estimate of drug-likeness (QED) is 0.792. The van der Waals surface area contributed by atoms with Crippen molar-refractivity contribution in [3.05, 3.63) is 53.6 Å². The minimum Gasteiger partial charge on any atom is -0.484 e. The van der Waals surface area contributed by atoms with Crippen LogP contribution in [0.15, 0.2) is 36.8 Å². The fourth-order valence-electron chi connectivity index (χ4n) is 2.47. The normalized spacial score (nSPS) is 14.4. The molecule has 1 atom stereocenters. The van der Waals surface area contributed by atoms with Gasteiger partial charge in [-0.15, -0.1) is 0 Å². The number of carbonyl (C=O) groups is 2. The first-order valence-corrected chi connectivity index (χ1v) is 8.62. The number of aryl methyl sites for hydroxylation is 1. The number of benzene rings is 1. The SMILES string of the molecule is Cc1ncncc1C(=O)NC(C)c1ccc(OCC(=O)NC2CC2)cc1. The molecule has 0 bridgehead atoms. The molecule has 0 saturated heterocycles. The first-order chi connectivity index (χ1) is 12.5. The van der Waals surface area contributed by atoms with Crippen molar-refractivity contribution in [1.29, 1.82) is 0 Å². The van der Waals surface area contributed by atoms with Crippen LogP contribution in [0.25, 0.3) is 0 Å². The Morgan fingerprint density at radius 1 is 1.27 bits per heavy atom. The second-order valence-electron chi connectivity index (χ2n) is 6.42. The van der Waals surface area contributed by atoms with E-state index in [2.05, 4.69) is 20.6 Å². The molecule has 2 aromatic rings. The van der Waals surface area contributed by atoms with E-state index in [4.69, 9.17) is 4.74 Å². The molecule has 3 rings (SSSR count). The van der Waals surface area contributed by atoms with Gasteiger partial charge in [0.1, 0.15) is 12.1 Å². The van der Waals surface area contributed by atoms with E-state index < -0.39 is 0 Å². The third-order valence-electron chi connectivity index (χ3n) is 4.20. The zero-order valence-electron chi connectivity index (χ0n) is 14.9. The lowest BCUT2D eigenvalue weighted by Gasteiger charge is -2.15. The number of hydrogen-bond donors (Lipinski definition) is 2. The maximum atomic E-state index is 12.3. The summed E-state index contributed by atoms with van der Waals surface area (Å²) in [5, 5.41) is 5.80. The highest BCUT2D eigenvalue weighted by molar-refractivity contribution is 5.95. The van der Waals surface area contributed by atoms with Gasteiger partial charge < -0.3 is 15.4 Å². The number of rotatable bonds is 7. The molecule has 7 heteroatoms. The molecule has 2 amide bonds. The van der Waals surface area contributed by atoms with Crippen molar-refractivity contribution in [2.75, 3.05) is 6.61 Å². The van der Waals surface area contributed by atoms with E-state index in [1.807, 2.05) is 19.1 Å². The molecule has 1 unspecified atom stereocenters. The van der Waals surface area contributed by atoms with Gasteiger partial charge in [0.25, 0.3) is 11.8 Å². The van der Waals surface area contributed by atoms with Crippen LogP contribution < -0.4 is 15.4 Å². The Morgan fingerprint density at radius 3 is 2.65 bits per heavy atom. The standard InChI is InChI=1S/C19H22N4O3/c1-12(22-19(25)17-9-20-11-21-13(17)2)14-3-7-16(8-4-14)26-10-18(24)23-15-5-6-15/h3-4,7-9,11-12,15H,5-6,10H2,1-2H3,(H,22,25)(H,23,24). The summed E-state index contributed by atoms with van der Waals surface area (Å²) in [5.74, 6) is 0.302. The smallest absolute Gasteiger partial charge is 0.258 e. The van der Waals surface area contributed by atoms with Crippen LogP contribution in [0, 0.1) is 6.92 Å². The summed E-state index contributed by atoms with van der Waals surface area (Å²) in [4.78, 5) is 31.9. The number of aromatic nitrogens is 2. The van der Waals surface area contributed by atoms with E-state index in [1.165, 1.54) is 12.5 Å². The van der Waals surface area contributed by atoms with Crippen LogP contribution in [0.3, 0.4) is 0 Å². The zero-order valence-corrected chi connectivity index (χ0v) is 14.9. The van der Waals surface area contributed by atoms with Crippen LogP contribution in [0.4, 0.5) is 0 Å². The third kappa shape index (κ3) is 4.78. The number of hydrogen-bond acceptors (Lipinski definition) is 5. The lowest BCUT2D eigenvalue weighted by Crippen LogP contribution is -2.30. The molecule has 1 aliphatic rings. The number of carbonyl (C=O) groups excluding carboxylic acids is 2. The predicted octanol–water partition coefficient (Wildman–Crippen LogP) is 1.93. The van der Waals surface area contributed by atoms with Crippen molar-refractivity contribution < 1.29 is 14.3 Å². The van der Waals surface area contributed by atoms with Crippen molar-refractivity contribution in [3.63, 3.8) is 0 Å². The molecule has 0 radical (unpaired) electrons. The van der Waals surface area contributed by atoms with Crippen molar-refractivity contribution in [2.24, 2.45) is 0 Å². The highest BCUT2D eigenvalue weighted by atomic mass is 16.5. The maximum Gasteiger partial charge on any atom is 0.258 e. The number of amides is 2. The Hall–Kier alpha value is -2.96. The number of ether oxygens (including phenoxy) is 1. The zero-order chi connectivity index (χ0) is 18.5. The highest BCUT2D eigenvalue weighted by Crippen LogP contribution is 2.20. The van der Waals surface area contributed by atoms with Gasteiger partial charge in [-0.1, -0.05) is 12.1 Å². The summed E-state index contributed by atoms with van der Waals surface area (Å²) in [6, 6.07) is 7.46. The molecule has 1 aromatic carbocycles. The molecule has 26 heavy (non-hydrogen) atoms. The Balaban J connectivity index is 1.53. The van der Waals surface area contributed by atoms with E-state index in [1.54, 1.807) is 19.1 Å². The van der Waals surface area contributed by atoms with Crippen LogP contribution >= 0.6 is 0 Å². The summed E-state index contributed by atoms with van der Waals surface area (Å²) >= 11 is 0. The van der Waals surface area contributed by atoms with E-state index >= 15 is 0 Å². The third-order valence-corrected chi connectivity index (χ3v) is 4.20. The molecule has 1 saturated carbocycles. The van der Waals surface area contributed by atoms with E-state index in [0.717, 1.165) is 18.4 Å². The van der Waals surface area contributed by atoms with Gasteiger partial charge in [0, 0.05) is 12.2 Å². The van der Waals surface area contributed by atoms with E-state index in [0.29, 0.717) is 23.0 Å². The van der Waals surface area contributed by atoms with Crippen LogP contribution in [-0.2, 0) is 4.79 Å². The molecule has 136 valence electrons. The summed E-state index contributed by atoms with van der Waals surface area (Å²) in [7, 11) is 0. The van der Waals surface area contributed by atoms with Gasteiger partial charge in [-0.25, -0.2) is 9.97 Å². The fourth-order valence-corrected chi connectivity index (χ4v) is 2.47. The highest BCUT2D eigenvalue weighted by Gasteiger charge is 2.23. The van der Waals surface area contributed by atoms with Gasteiger partial charge in [-0.05, 0) is 44.4 Å². The Morgan fingerprint density at radius 2 is 2.00 bits per heavy atom. The summed E-state index contributed by atoms with van der Waals surface area (Å²) < 4.78 is 5.48. The fraction of sp³-hybridized carbons (Fsp3) is 0.368. The van der Waals surface area contributed by atoms with E-state index in [-0.39, 0.29) is 24.5 Å². The first-order valence-electron chi connectivity index (χ1n) is 8.62. The van der Waals surface area contributed by atoms with Gasteiger partial charge in [0.2, 0.25) is 0 Å². The number of nitrogens with one attached hydrogen (secondary N) is 2. The van der Waals surface area contributed by atoms with Crippen LogP contribution in [0.2, 0.25) is 0 Å². The molecule has 1 heterocycles. The largest absolute Gasteiger partial charge is 0.484 e. The van der Waals surface area contributed by atoms with Crippen molar-refractivity contribution >= 4 is 11.8 Å². The Kier molecular flexibility index (Phi) is 5.46. The Labute approximate surface area is 152 Å². The molecule has 1 fully saturated rings. The topological polar surface area (TPSA) is 93.2 Å². The monoisotopic (exact) mass is 354 g/mol. The number of nitrogens with zero attached hydrogens (tertiary/aromatic N) is 2. The van der Waals surface area contributed by atoms with Crippen molar-refractivity contribution in [2.45, 2.75) is 38.8 Å². The van der Waals surface area contributed by atoms with Crippen molar-refractivity contribution in [1.82, 2.24) is 20.6 Å². The minimum absolute atomic E-state index is 0.00935. The molecule has 0 aliphatic heterocycles. The predicted molar refractivity (Wildman–Crippen MR) is 95.8 cm³/mol. The lowest BCUT2D eigenvalue weighted by atomic mass is 10.1. The summed E-state index contributed by atoms with van der Waals surface area (Å²) in [6.07, 6.45) is 5.03. The summed E-state index contributed by atoms with van der Waals surface area (Å²) in [5.41, 5.74) is 2.03. The summed E-state index contributed by atoms with van der Waals surface area (Å²) in [6.45, 7) is 3.68. The molecule has 7 nitrogen and oxygen atoms in total. The molecular formula is C19H22N4O3. The minimum atomic E-state index is -0.215. The van der Waals surface area contributed by atoms with Gasteiger partial charge in [0.05, 0.1) is 17.3 Å². The molecule has 0 spiro atoms. The van der Waals surface area contributed by atoms with Crippen LogP contribution in [0.5, 0.6) is 5.75 Å². The van der Waals surface area contributed by atoms with Crippen molar-refractivity contribution in [3.8, 4) is 5.75 Å². The molecular weight excluding hydrogens is 332 g/mol. The average molecular weight is 354 g/mol. The molecule has 1 aliphatic carbocycles.